The maximum absolute atomic E-state index is 12.3. The van der Waals surface area contributed by atoms with E-state index in [9.17, 15) is 9.59 Å². The van der Waals surface area contributed by atoms with Crippen LogP contribution in [0, 0.1) is 0 Å². The normalized spacial score (nSPS) is 15.6. The molecule has 160 valence electrons. The third-order valence-electron chi connectivity index (χ3n) is 5.26. The molecule has 0 radical (unpaired) electrons. The third kappa shape index (κ3) is 6.02. The quantitative estimate of drug-likeness (QED) is 0.378. The van der Waals surface area contributed by atoms with Crippen LogP contribution in [0.1, 0.15) is 44.6 Å². The van der Waals surface area contributed by atoms with E-state index in [1.54, 1.807) is 28.9 Å². The van der Waals surface area contributed by atoms with Crippen molar-refractivity contribution in [3.63, 3.8) is 0 Å². The summed E-state index contributed by atoms with van der Waals surface area (Å²) in [5, 5.41) is 3.23. The summed E-state index contributed by atoms with van der Waals surface area (Å²) in [6.07, 6.45) is 5.76. The topological polar surface area (TPSA) is 49.9 Å². The molecule has 6 heteroatoms. The van der Waals surface area contributed by atoms with Crippen LogP contribution in [-0.4, -0.2) is 40.9 Å². The molecule has 2 amide bonds. The minimum absolute atomic E-state index is 0.0142. The summed E-state index contributed by atoms with van der Waals surface area (Å²) < 4.78 is 5.19. The fraction of sp³-hybridized carbons (Fsp3) is 0.417. The van der Waals surface area contributed by atoms with Crippen molar-refractivity contribution in [1.82, 2.24) is 10.0 Å². The molecule has 0 aliphatic carbocycles. The maximum atomic E-state index is 12.3. The number of hydrogen-bond acceptors (Lipinski definition) is 4. The summed E-state index contributed by atoms with van der Waals surface area (Å²) in [7, 11) is 1.64. The first-order chi connectivity index (χ1) is 14.6. The predicted octanol–water partition coefficient (Wildman–Crippen LogP) is 4.91. The summed E-state index contributed by atoms with van der Waals surface area (Å²) >= 11 is 1.61. The second-order valence-electron chi connectivity index (χ2n) is 7.48. The first-order valence-electron chi connectivity index (χ1n) is 10.5. The van der Waals surface area contributed by atoms with Crippen LogP contribution in [0.5, 0.6) is 5.75 Å². The molecule has 30 heavy (non-hydrogen) atoms. The van der Waals surface area contributed by atoms with Crippen LogP contribution in [0.4, 0.5) is 0 Å². The number of rotatable bonds is 11. The Morgan fingerprint density at radius 2 is 1.77 bits per heavy atom. The first kappa shape index (κ1) is 22.2. The van der Waals surface area contributed by atoms with Crippen molar-refractivity contribution in [2.75, 3.05) is 13.7 Å². The van der Waals surface area contributed by atoms with Crippen molar-refractivity contribution in [2.45, 2.75) is 55.7 Å². The maximum Gasteiger partial charge on any atom is 0.245 e. The number of benzene rings is 2. The Kier molecular flexibility index (Phi) is 8.20. The van der Waals surface area contributed by atoms with Crippen molar-refractivity contribution in [3.8, 4) is 5.75 Å². The van der Waals surface area contributed by atoms with Gasteiger partial charge in [0.05, 0.1) is 13.5 Å². The molecule has 0 N–H and O–H groups in total. The molecule has 1 aliphatic rings. The highest BCUT2D eigenvalue weighted by molar-refractivity contribution is 8.00. The number of aryl methyl sites for hydroxylation is 1. The molecule has 0 aromatic heterocycles. The lowest BCUT2D eigenvalue weighted by molar-refractivity contribution is -0.177. The Morgan fingerprint density at radius 1 is 1.07 bits per heavy atom. The van der Waals surface area contributed by atoms with E-state index in [2.05, 4.69) is 24.3 Å². The Morgan fingerprint density at radius 3 is 2.40 bits per heavy atom. The number of methoxy groups -OCH3 is 1. The Balaban J connectivity index is 1.45. The lowest BCUT2D eigenvalue weighted by atomic mass is 10.1. The van der Waals surface area contributed by atoms with Gasteiger partial charge in [-0.05, 0) is 49.1 Å². The highest BCUT2D eigenvalue weighted by Crippen LogP contribution is 2.36. The average Bonchev–Trinajstić information content (AvgIpc) is 2.76. The number of carbonyl (C=O) groups is 2. The standard InChI is InChI=1S/C24H30N2O3S/c1-19(27)25(17-9-4-3-6-10-20-11-7-5-8-12-20)26-23(28)18-24(26)30-22-15-13-21(29-2)14-16-22/h5,7-8,11-16,24H,3-4,6,9-10,17-18H2,1-2H3. The fourth-order valence-corrected chi connectivity index (χ4v) is 4.74. The van der Waals surface area contributed by atoms with Crippen LogP contribution in [0.15, 0.2) is 59.5 Å². The van der Waals surface area contributed by atoms with Gasteiger partial charge in [0.1, 0.15) is 11.1 Å². The van der Waals surface area contributed by atoms with Crippen molar-refractivity contribution in [2.24, 2.45) is 0 Å². The van der Waals surface area contributed by atoms with Crippen molar-refractivity contribution in [3.05, 3.63) is 60.2 Å². The monoisotopic (exact) mass is 426 g/mol. The number of amides is 2. The number of unbranched alkanes of at least 4 members (excludes halogenated alkanes) is 3. The Bertz CT molecular complexity index is 826. The molecular weight excluding hydrogens is 396 g/mol. The van der Waals surface area contributed by atoms with Gasteiger partial charge in [-0.2, -0.15) is 0 Å². The van der Waals surface area contributed by atoms with Gasteiger partial charge in [0, 0.05) is 18.4 Å². The molecule has 1 unspecified atom stereocenters. The summed E-state index contributed by atoms with van der Waals surface area (Å²) in [6, 6.07) is 18.3. The SMILES string of the molecule is COc1ccc(SC2CC(=O)N2N(CCCCCCc2ccccc2)C(C)=O)cc1. The number of hydrogen-bond donors (Lipinski definition) is 0. The van der Waals surface area contributed by atoms with E-state index in [0.717, 1.165) is 42.7 Å². The van der Waals surface area contributed by atoms with Crippen LogP contribution >= 0.6 is 11.8 Å². The zero-order valence-corrected chi connectivity index (χ0v) is 18.6. The number of ether oxygens (including phenoxy) is 1. The van der Waals surface area contributed by atoms with Crippen LogP contribution in [-0.2, 0) is 16.0 Å². The van der Waals surface area contributed by atoms with Gasteiger partial charge in [-0.25, -0.2) is 5.01 Å². The van der Waals surface area contributed by atoms with E-state index in [-0.39, 0.29) is 17.2 Å². The number of β-lactam (4-membered cyclic amide) rings is 1. The average molecular weight is 427 g/mol. The molecule has 3 rings (SSSR count). The largest absolute Gasteiger partial charge is 0.497 e. The van der Waals surface area contributed by atoms with Gasteiger partial charge in [-0.3, -0.25) is 14.6 Å². The summed E-state index contributed by atoms with van der Waals surface area (Å²) in [5.41, 5.74) is 1.37. The van der Waals surface area contributed by atoms with Gasteiger partial charge in [0.15, 0.2) is 0 Å². The Labute approximate surface area is 183 Å². The highest BCUT2D eigenvalue weighted by Gasteiger charge is 2.41. The van der Waals surface area contributed by atoms with Gasteiger partial charge in [0.2, 0.25) is 11.8 Å². The van der Waals surface area contributed by atoms with Gasteiger partial charge < -0.3 is 4.74 Å². The van der Waals surface area contributed by atoms with Crippen LogP contribution in [0.3, 0.4) is 0 Å². The second-order valence-corrected chi connectivity index (χ2v) is 8.73. The minimum Gasteiger partial charge on any atom is -0.497 e. The van der Waals surface area contributed by atoms with Gasteiger partial charge >= 0.3 is 0 Å². The second kappa shape index (κ2) is 11.1. The van der Waals surface area contributed by atoms with E-state index in [1.807, 2.05) is 30.3 Å². The van der Waals surface area contributed by atoms with E-state index >= 15 is 0 Å². The van der Waals surface area contributed by atoms with Gasteiger partial charge in [-0.1, -0.05) is 54.9 Å². The molecular formula is C24H30N2O3S. The molecule has 1 heterocycles. The smallest absolute Gasteiger partial charge is 0.245 e. The first-order valence-corrected chi connectivity index (χ1v) is 11.4. The summed E-state index contributed by atoms with van der Waals surface area (Å²) in [5.74, 6) is 0.742. The molecule has 1 saturated heterocycles. The number of thioether (sulfide) groups is 1. The molecule has 2 aromatic carbocycles. The van der Waals surface area contributed by atoms with E-state index < -0.39 is 0 Å². The van der Waals surface area contributed by atoms with E-state index in [4.69, 9.17) is 4.74 Å². The lowest BCUT2D eigenvalue weighted by Gasteiger charge is -2.46. The molecule has 0 bridgehead atoms. The molecule has 1 atom stereocenters. The molecule has 2 aromatic rings. The van der Waals surface area contributed by atoms with E-state index in [0.29, 0.717) is 13.0 Å². The number of hydrazine groups is 1. The molecule has 0 saturated carbocycles. The minimum atomic E-state index is -0.0762. The molecule has 0 spiro atoms. The van der Waals surface area contributed by atoms with Gasteiger partial charge in [0.25, 0.3) is 0 Å². The predicted molar refractivity (Wildman–Crippen MR) is 120 cm³/mol. The zero-order chi connectivity index (χ0) is 21.3. The van der Waals surface area contributed by atoms with Crippen molar-refractivity contribution < 1.29 is 14.3 Å². The zero-order valence-electron chi connectivity index (χ0n) is 17.8. The fourth-order valence-electron chi connectivity index (χ4n) is 3.58. The summed E-state index contributed by atoms with van der Waals surface area (Å²) in [4.78, 5) is 25.5. The molecule has 5 nitrogen and oxygen atoms in total. The van der Waals surface area contributed by atoms with E-state index in [1.165, 1.54) is 12.5 Å². The molecule has 1 fully saturated rings. The lowest BCUT2D eigenvalue weighted by Crippen LogP contribution is -2.61. The van der Waals surface area contributed by atoms with Crippen LogP contribution in [0.25, 0.3) is 0 Å². The van der Waals surface area contributed by atoms with Gasteiger partial charge in [-0.15, -0.1) is 0 Å². The number of carbonyl (C=O) groups excluding carboxylic acids is 2. The van der Waals surface area contributed by atoms with Crippen LogP contribution < -0.4 is 4.74 Å². The number of nitrogens with zero attached hydrogens (tertiary/aromatic N) is 2. The Hall–Kier alpha value is -2.47. The van der Waals surface area contributed by atoms with Crippen molar-refractivity contribution in [1.29, 1.82) is 0 Å². The highest BCUT2D eigenvalue weighted by atomic mass is 32.2. The molecule has 1 aliphatic heterocycles. The van der Waals surface area contributed by atoms with Crippen LogP contribution in [0.2, 0.25) is 0 Å². The third-order valence-corrected chi connectivity index (χ3v) is 6.44. The summed E-state index contributed by atoms with van der Waals surface area (Å²) in [6.45, 7) is 2.13. The van der Waals surface area contributed by atoms with Crippen molar-refractivity contribution >= 4 is 23.6 Å².